The van der Waals surface area contributed by atoms with E-state index in [2.05, 4.69) is 15.6 Å². The molecule has 0 bridgehead atoms. The molecule has 0 saturated heterocycles. The van der Waals surface area contributed by atoms with Gasteiger partial charge in [0.05, 0.1) is 0 Å². The van der Waals surface area contributed by atoms with Crippen molar-refractivity contribution >= 4 is 33.4 Å². The van der Waals surface area contributed by atoms with E-state index < -0.39 is 33.4 Å². The van der Waals surface area contributed by atoms with E-state index in [0.717, 1.165) is 0 Å². The second kappa shape index (κ2) is 9.10. The Bertz CT molecular complexity index is 806. The number of aromatic nitrogens is 1. The average Bonchev–Trinajstić information content (AvgIpc) is 2.55. The number of sulfonamides is 1. The van der Waals surface area contributed by atoms with E-state index in [9.17, 15) is 26.8 Å². The van der Waals surface area contributed by atoms with Crippen molar-refractivity contribution < 1.29 is 26.8 Å². The zero-order valence-electron chi connectivity index (χ0n) is 14.4. The molecule has 150 valence electrons. The molecule has 1 fully saturated rings. The van der Waals surface area contributed by atoms with Crippen LogP contribution in [0.2, 0.25) is 0 Å². The lowest BCUT2D eigenvalue weighted by Crippen LogP contribution is -2.49. The third kappa shape index (κ3) is 6.77. The fourth-order valence-corrected chi connectivity index (χ4v) is 3.75. The maximum absolute atomic E-state index is 12.1. The third-order valence-corrected chi connectivity index (χ3v) is 5.66. The van der Waals surface area contributed by atoms with Crippen molar-refractivity contribution in [3.63, 3.8) is 0 Å². The average molecular weight is 418 g/mol. The van der Waals surface area contributed by atoms with Gasteiger partial charge in [0.2, 0.25) is 0 Å². The van der Waals surface area contributed by atoms with Gasteiger partial charge in [-0.25, -0.2) is 22.7 Å². The van der Waals surface area contributed by atoms with Crippen LogP contribution in [0.5, 0.6) is 0 Å². The predicted octanol–water partition coefficient (Wildman–Crippen LogP) is -0.218. The molecule has 0 spiro atoms. The minimum atomic E-state index is -4.01. The van der Waals surface area contributed by atoms with Gasteiger partial charge in [0, 0.05) is 35.2 Å². The number of nitrogens with one attached hydrogen (secondary N) is 4. The van der Waals surface area contributed by atoms with Crippen molar-refractivity contribution in [1.82, 2.24) is 25.1 Å². The molecular weight excluding hydrogens is 398 g/mol. The number of nitrogens with zero attached hydrogens (tertiary/aromatic N) is 1. The van der Waals surface area contributed by atoms with Gasteiger partial charge < -0.3 is 15.2 Å². The quantitative estimate of drug-likeness (QED) is 0.479. The predicted molar refractivity (Wildman–Crippen MR) is 94.5 cm³/mol. The maximum atomic E-state index is 12.1. The van der Waals surface area contributed by atoms with Gasteiger partial charge in [-0.3, -0.25) is 13.9 Å². The van der Waals surface area contributed by atoms with E-state index in [-0.39, 0.29) is 17.0 Å². The Hall–Kier alpha value is -2.25. The third-order valence-electron chi connectivity index (χ3n) is 4.00. The van der Waals surface area contributed by atoms with Gasteiger partial charge in [-0.05, 0) is 44.7 Å². The maximum Gasteiger partial charge on any atom is 0.328 e. The number of rotatable bonds is 5. The van der Waals surface area contributed by atoms with Crippen molar-refractivity contribution in [1.29, 1.82) is 0 Å². The second-order valence-corrected chi connectivity index (χ2v) is 8.43. The van der Waals surface area contributed by atoms with Crippen molar-refractivity contribution in [2.24, 2.45) is 0 Å². The first-order valence-corrected chi connectivity index (χ1v) is 10.6. The van der Waals surface area contributed by atoms with Gasteiger partial charge in [-0.1, -0.05) is 0 Å². The Labute approximate surface area is 159 Å². The van der Waals surface area contributed by atoms with Gasteiger partial charge in [-0.15, -0.1) is 0 Å². The van der Waals surface area contributed by atoms with Crippen LogP contribution in [0.1, 0.15) is 31.4 Å². The van der Waals surface area contributed by atoms with Crippen LogP contribution < -0.4 is 20.1 Å². The van der Waals surface area contributed by atoms with E-state index in [1.165, 1.54) is 18.3 Å². The van der Waals surface area contributed by atoms with E-state index >= 15 is 0 Å². The molecule has 4 amide bonds. The molecule has 0 aliphatic heterocycles. The highest BCUT2D eigenvalue weighted by Crippen LogP contribution is 2.18. The smallest absolute Gasteiger partial charge is 0.328 e. The summed E-state index contributed by atoms with van der Waals surface area (Å²) in [6.45, 7) is 1.71. The normalized spacial score (nSPS) is 21.0. The molecule has 4 N–H and O–H groups in total. The number of carbonyl (C=O) groups is 2. The summed E-state index contributed by atoms with van der Waals surface area (Å²) in [6.07, 6.45) is 3.20. The van der Waals surface area contributed by atoms with Crippen LogP contribution in [0.25, 0.3) is 0 Å². The minimum absolute atomic E-state index is 0.113. The molecule has 1 aromatic rings. The van der Waals surface area contributed by atoms with Crippen LogP contribution in [0.15, 0.2) is 23.2 Å². The summed E-state index contributed by atoms with van der Waals surface area (Å²) in [6, 6.07) is 0.749. The van der Waals surface area contributed by atoms with Crippen LogP contribution in [0.3, 0.4) is 0 Å². The number of carbonyl (C=O) groups excluding carboxylic acids is 2. The summed E-state index contributed by atoms with van der Waals surface area (Å²) in [5.41, 5.74) is 0.652. The van der Waals surface area contributed by atoms with E-state index in [1.807, 2.05) is 4.72 Å². The Morgan fingerprint density at radius 3 is 2.15 bits per heavy atom. The van der Waals surface area contributed by atoms with Crippen molar-refractivity contribution in [2.75, 3.05) is 0 Å². The second-order valence-electron chi connectivity index (χ2n) is 6.07. The van der Waals surface area contributed by atoms with E-state index in [0.29, 0.717) is 31.4 Å². The van der Waals surface area contributed by atoms with E-state index in [4.69, 9.17) is 0 Å². The molecule has 1 heterocycles. The molecule has 0 aromatic carbocycles. The van der Waals surface area contributed by atoms with Gasteiger partial charge in [0.1, 0.15) is 4.90 Å². The molecule has 27 heavy (non-hydrogen) atoms. The van der Waals surface area contributed by atoms with Crippen LogP contribution in [0, 0.1) is 6.92 Å². The summed E-state index contributed by atoms with van der Waals surface area (Å²) < 4.78 is 48.7. The van der Waals surface area contributed by atoms with Crippen molar-refractivity contribution in [2.45, 2.75) is 49.6 Å². The Morgan fingerprint density at radius 1 is 1.11 bits per heavy atom. The van der Waals surface area contributed by atoms with Crippen LogP contribution in [0.4, 0.5) is 9.59 Å². The lowest BCUT2D eigenvalue weighted by molar-refractivity contribution is 0.226. The lowest BCUT2D eigenvalue weighted by Gasteiger charge is -2.29. The highest BCUT2D eigenvalue weighted by Gasteiger charge is 2.25. The zero-order chi connectivity index (χ0) is 20.0. The number of aryl methyl sites for hydroxylation is 1. The standard InChI is InChI=1S/C14H21N5O6S2/c1-9-2-7-12(8-15-9)27(24,25)19-14(21)17-11-5-3-10(4-6-11)16-13(20)18-26(22)23/h2,7-8,10-11H,3-6H2,1H3,(H,22,23)(H2,16,18,20)(H2,17,19,21)/p-1. The number of pyridine rings is 1. The summed E-state index contributed by atoms with van der Waals surface area (Å²) in [5.74, 6) is 0. The number of amides is 4. The van der Waals surface area contributed by atoms with Gasteiger partial charge in [0.25, 0.3) is 10.0 Å². The van der Waals surface area contributed by atoms with Crippen molar-refractivity contribution in [3.8, 4) is 0 Å². The molecule has 1 saturated carbocycles. The van der Waals surface area contributed by atoms with Gasteiger partial charge in [0.15, 0.2) is 0 Å². The zero-order valence-corrected chi connectivity index (χ0v) is 16.1. The summed E-state index contributed by atoms with van der Waals surface area (Å²) in [5, 5.41) is 5.10. The lowest BCUT2D eigenvalue weighted by atomic mass is 9.91. The SMILES string of the molecule is Cc1ccc(S(=O)(=O)NC(=O)NC2CCC(NC(=O)NS(=O)[O-])CC2)cn1. The molecule has 1 atom stereocenters. The largest absolute Gasteiger partial charge is 0.755 e. The summed E-state index contributed by atoms with van der Waals surface area (Å²) in [7, 11) is -4.01. The van der Waals surface area contributed by atoms with Gasteiger partial charge in [-0.2, -0.15) is 0 Å². The first kappa shape index (κ1) is 21.1. The highest BCUT2D eigenvalue weighted by atomic mass is 32.2. The molecular formula is C14H20N5O6S2-. The number of urea groups is 2. The van der Waals surface area contributed by atoms with Crippen LogP contribution in [-0.4, -0.2) is 46.3 Å². The Balaban J connectivity index is 1.79. The van der Waals surface area contributed by atoms with Crippen molar-refractivity contribution in [3.05, 3.63) is 24.0 Å². The Morgan fingerprint density at radius 2 is 1.67 bits per heavy atom. The first-order chi connectivity index (χ1) is 12.7. The molecule has 13 heteroatoms. The summed E-state index contributed by atoms with van der Waals surface area (Å²) >= 11 is -2.68. The molecule has 1 aliphatic carbocycles. The fraction of sp³-hybridized carbons (Fsp3) is 0.500. The molecule has 0 radical (unpaired) electrons. The van der Waals surface area contributed by atoms with Crippen LogP contribution >= 0.6 is 0 Å². The van der Waals surface area contributed by atoms with Crippen LogP contribution in [-0.2, 0) is 21.3 Å². The minimum Gasteiger partial charge on any atom is -0.755 e. The molecule has 2 rings (SSSR count). The van der Waals surface area contributed by atoms with Gasteiger partial charge >= 0.3 is 12.1 Å². The number of hydrogen-bond acceptors (Lipinski definition) is 7. The molecule has 1 unspecified atom stereocenters. The van der Waals surface area contributed by atoms with E-state index in [1.54, 1.807) is 11.6 Å². The molecule has 1 aromatic heterocycles. The molecule has 1 aliphatic rings. The number of hydrogen-bond donors (Lipinski definition) is 4. The highest BCUT2D eigenvalue weighted by molar-refractivity contribution is 7.90. The fourth-order valence-electron chi connectivity index (χ4n) is 2.68. The Kier molecular flexibility index (Phi) is 7.10. The molecule has 11 nitrogen and oxygen atoms in total. The monoisotopic (exact) mass is 418 g/mol. The topological polar surface area (TPSA) is 169 Å². The summed E-state index contributed by atoms with van der Waals surface area (Å²) in [4.78, 5) is 27.1. The first-order valence-electron chi connectivity index (χ1n) is 8.08.